The second-order valence-electron chi connectivity index (χ2n) is 14.2. The molecule has 0 spiro atoms. The number of para-hydroxylation sites is 2. The largest absolute Gasteiger partial charge is 0.497 e. The van der Waals surface area contributed by atoms with Crippen molar-refractivity contribution >= 4 is 55.5 Å². The zero-order valence-electron chi connectivity index (χ0n) is 29.2. The van der Waals surface area contributed by atoms with Crippen molar-refractivity contribution in [3.8, 4) is 17.2 Å². The van der Waals surface area contributed by atoms with Crippen LogP contribution in [0.2, 0.25) is 0 Å². The molecule has 9 nitrogen and oxygen atoms in total. The Balaban J connectivity index is 1.13. The number of aromatic nitrogens is 2. The molecule has 4 heterocycles. The topological polar surface area (TPSA) is 84.2 Å². The maximum Gasteiger partial charge on any atom is 0.310 e. The first-order chi connectivity index (χ1) is 25.5. The maximum atomic E-state index is 14.7. The summed E-state index contributed by atoms with van der Waals surface area (Å²) in [6.45, 7) is 1.03. The maximum absolute atomic E-state index is 14.7. The number of rotatable bonds is 8. The molecule has 3 aliphatic rings. The van der Waals surface area contributed by atoms with E-state index in [9.17, 15) is 9.59 Å². The number of ether oxygens (including phenoxy) is 4. The number of carbonyl (C=O) groups excluding carboxylic acids is 2. The lowest BCUT2D eigenvalue weighted by atomic mass is 9.97. The molecule has 7 aromatic rings. The van der Waals surface area contributed by atoms with Crippen LogP contribution < -0.4 is 14.2 Å². The van der Waals surface area contributed by atoms with Gasteiger partial charge in [0.15, 0.2) is 11.5 Å². The number of amides is 1. The Hall–Kier alpha value is -5.96. The van der Waals surface area contributed by atoms with Gasteiger partial charge in [-0.25, -0.2) is 0 Å². The molecule has 2 bridgehead atoms. The van der Waals surface area contributed by atoms with Crippen LogP contribution in [-0.4, -0.2) is 53.3 Å². The van der Waals surface area contributed by atoms with E-state index in [0.717, 1.165) is 72.5 Å². The molecule has 9 heteroatoms. The number of carbonyl (C=O) groups is 2. The van der Waals surface area contributed by atoms with Gasteiger partial charge in [0.05, 0.1) is 50.4 Å². The highest BCUT2D eigenvalue weighted by Gasteiger charge is 2.46. The predicted molar refractivity (Wildman–Crippen MR) is 199 cm³/mol. The number of hydrogen-bond donors (Lipinski definition) is 0. The zero-order chi connectivity index (χ0) is 35.2. The fourth-order valence-electron chi connectivity index (χ4n) is 9.37. The van der Waals surface area contributed by atoms with Crippen LogP contribution in [-0.2, 0) is 29.0 Å². The van der Waals surface area contributed by atoms with Crippen molar-refractivity contribution in [3.05, 3.63) is 113 Å². The minimum atomic E-state index is -0.350. The van der Waals surface area contributed by atoms with Gasteiger partial charge < -0.3 is 33.0 Å². The van der Waals surface area contributed by atoms with Crippen LogP contribution in [0.5, 0.6) is 17.2 Å². The third-order valence-corrected chi connectivity index (χ3v) is 11.5. The van der Waals surface area contributed by atoms with Gasteiger partial charge in [-0.2, -0.15) is 0 Å². The predicted octanol–water partition coefficient (Wildman–Crippen LogP) is 8.13. The summed E-state index contributed by atoms with van der Waals surface area (Å²) in [5.74, 6) is 1.74. The zero-order valence-corrected chi connectivity index (χ0v) is 29.2. The monoisotopic (exact) mass is 691 g/mol. The molecule has 52 heavy (non-hydrogen) atoms. The lowest BCUT2D eigenvalue weighted by molar-refractivity contribution is -0.149. The van der Waals surface area contributed by atoms with Crippen molar-refractivity contribution in [3.63, 3.8) is 0 Å². The van der Waals surface area contributed by atoms with Gasteiger partial charge in [-0.1, -0.05) is 54.6 Å². The SMILES string of the molecule is COc1ccc(CN2Cc3c(c4c5ccccc5n5c4c4c3c3ccccc3n4[C@H]3C[C@@H]5[C@H](OC(=O)Cc4ccc(OC)c(OC)c4)C3)C2=O)cc1. The Bertz CT molecular complexity index is 2620. The van der Waals surface area contributed by atoms with Crippen molar-refractivity contribution in [1.29, 1.82) is 0 Å². The Morgan fingerprint density at radius 2 is 1.40 bits per heavy atom. The summed E-state index contributed by atoms with van der Waals surface area (Å²) in [5, 5.41) is 4.35. The normalized spacial score (nSPS) is 18.9. The average Bonchev–Trinajstić information content (AvgIpc) is 3.88. The van der Waals surface area contributed by atoms with E-state index in [4.69, 9.17) is 18.9 Å². The summed E-state index contributed by atoms with van der Waals surface area (Å²) < 4.78 is 27.6. The van der Waals surface area contributed by atoms with E-state index in [1.54, 1.807) is 21.3 Å². The molecule has 3 atom stereocenters. The minimum Gasteiger partial charge on any atom is -0.497 e. The molecule has 0 N–H and O–H groups in total. The van der Waals surface area contributed by atoms with E-state index in [1.807, 2.05) is 47.4 Å². The lowest BCUT2D eigenvalue weighted by Gasteiger charge is -2.24. The van der Waals surface area contributed by atoms with Gasteiger partial charge >= 0.3 is 5.97 Å². The minimum absolute atomic E-state index is 0.0414. The molecule has 0 unspecified atom stereocenters. The summed E-state index contributed by atoms with van der Waals surface area (Å²) in [6.07, 6.45) is 1.28. The van der Waals surface area contributed by atoms with Crippen molar-refractivity contribution in [2.75, 3.05) is 21.3 Å². The third-order valence-electron chi connectivity index (χ3n) is 11.5. The molecule has 2 aromatic heterocycles. The van der Waals surface area contributed by atoms with Gasteiger partial charge in [0.1, 0.15) is 11.9 Å². The number of hydrogen-bond acceptors (Lipinski definition) is 6. The van der Waals surface area contributed by atoms with Crippen LogP contribution in [0.25, 0.3) is 43.6 Å². The van der Waals surface area contributed by atoms with E-state index in [2.05, 4.69) is 57.7 Å². The average molecular weight is 692 g/mol. The van der Waals surface area contributed by atoms with E-state index in [-0.39, 0.29) is 36.5 Å². The number of benzene rings is 5. The Kier molecular flexibility index (Phi) is 6.84. The van der Waals surface area contributed by atoms with E-state index in [1.165, 1.54) is 5.52 Å². The van der Waals surface area contributed by atoms with Crippen LogP contribution in [0.3, 0.4) is 0 Å². The highest BCUT2D eigenvalue weighted by atomic mass is 16.5. The van der Waals surface area contributed by atoms with E-state index < -0.39 is 0 Å². The van der Waals surface area contributed by atoms with E-state index in [0.29, 0.717) is 31.0 Å². The van der Waals surface area contributed by atoms with Crippen molar-refractivity contribution < 1.29 is 28.5 Å². The fraction of sp³-hybridized carbons (Fsp3) is 0.256. The van der Waals surface area contributed by atoms with Gasteiger partial charge in [0.25, 0.3) is 5.91 Å². The Morgan fingerprint density at radius 1 is 0.731 bits per heavy atom. The summed E-state index contributed by atoms with van der Waals surface area (Å²) in [7, 11) is 4.84. The highest BCUT2D eigenvalue weighted by molar-refractivity contribution is 6.31. The van der Waals surface area contributed by atoms with Gasteiger partial charge in [0.2, 0.25) is 0 Å². The standard InChI is InChI=1S/C43H37N3O6/c1-49-27-15-12-24(13-16-27)22-44-23-30-38-28-8-4-6-10-31(28)45-26-20-33(35(21-26)52-37(47)19-25-14-17-34(50-2)36(18-25)51-3)46-32-11-7-5-9-29(32)39(40(30)43(44)48)42(46)41(38)45/h4-18,26,33,35H,19-23H2,1-3H3/t26-,33+,35+/m0/s1. The second-order valence-corrected chi connectivity index (χ2v) is 14.2. The summed E-state index contributed by atoms with van der Waals surface area (Å²) in [6, 6.07) is 30.4. The number of fused-ring (bicyclic) bond motifs is 13. The molecule has 2 aliphatic heterocycles. The molecule has 0 radical (unpaired) electrons. The number of nitrogens with zero attached hydrogens (tertiary/aromatic N) is 3. The first-order valence-corrected chi connectivity index (χ1v) is 17.8. The van der Waals surface area contributed by atoms with E-state index >= 15 is 0 Å². The summed E-state index contributed by atoms with van der Waals surface area (Å²) in [4.78, 5) is 30.4. The van der Waals surface area contributed by atoms with Crippen LogP contribution in [0.4, 0.5) is 0 Å². The molecule has 1 amide bonds. The van der Waals surface area contributed by atoms with Crippen molar-refractivity contribution in [2.24, 2.45) is 0 Å². The molecule has 5 aromatic carbocycles. The molecule has 1 aliphatic carbocycles. The van der Waals surface area contributed by atoms with Gasteiger partial charge in [-0.15, -0.1) is 0 Å². The molecule has 260 valence electrons. The molecule has 10 rings (SSSR count). The Morgan fingerprint density at radius 3 is 2.13 bits per heavy atom. The molecule has 0 saturated heterocycles. The van der Waals surface area contributed by atoms with Gasteiger partial charge in [-0.3, -0.25) is 9.59 Å². The fourth-order valence-corrected chi connectivity index (χ4v) is 9.37. The second kappa shape index (κ2) is 11.5. The summed E-state index contributed by atoms with van der Waals surface area (Å²) >= 11 is 0. The van der Waals surface area contributed by atoms with Crippen LogP contribution >= 0.6 is 0 Å². The molecule has 1 fully saturated rings. The first-order valence-electron chi connectivity index (χ1n) is 17.8. The molecular weight excluding hydrogens is 654 g/mol. The third kappa shape index (κ3) is 4.34. The Labute approximate surface area is 299 Å². The van der Waals surface area contributed by atoms with Crippen LogP contribution in [0.15, 0.2) is 91.0 Å². The lowest BCUT2D eigenvalue weighted by Crippen LogP contribution is -2.26. The van der Waals surface area contributed by atoms with Crippen LogP contribution in [0, 0.1) is 0 Å². The summed E-state index contributed by atoms with van der Waals surface area (Å²) in [5.41, 5.74) is 8.16. The smallest absolute Gasteiger partial charge is 0.310 e. The number of methoxy groups -OCH3 is 3. The quantitative estimate of drug-likeness (QED) is 0.150. The van der Waals surface area contributed by atoms with Crippen LogP contribution in [0.1, 0.15) is 52.0 Å². The van der Waals surface area contributed by atoms with Crippen molar-refractivity contribution in [2.45, 2.75) is 50.5 Å². The van der Waals surface area contributed by atoms with Crippen molar-refractivity contribution in [1.82, 2.24) is 14.0 Å². The van der Waals surface area contributed by atoms with Gasteiger partial charge in [0, 0.05) is 58.1 Å². The first kappa shape index (κ1) is 30.8. The van der Waals surface area contributed by atoms with Gasteiger partial charge in [-0.05, 0) is 59.5 Å². The molecular formula is C43H37N3O6. The molecule has 1 saturated carbocycles. The highest BCUT2D eigenvalue weighted by Crippen LogP contribution is 2.55. The number of esters is 1.